The van der Waals surface area contributed by atoms with E-state index in [1.807, 2.05) is 33.8 Å². The molecule has 0 radical (unpaired) electrons. The quantitative estimate of drug-likeness (QED) is 0.575. The molecule has 1 saturated heterocycles. The summed E-state index contributed by atoms with van der Waals surface area (Å²) >= 11 is 0. The number of ether oxygens (including phenoxy) is 1. The number of carbonyl (C=O) groups is 1. The van der Waals surface area contributed by atoms with Gasteiger partial charge in [0.15, 0.2) is 0 Å². The molecule has 0 spiro atoms. The van der Waals surface area contributed by atoms with Crippen LogP contribution in [0.4, 0.5) is 0 Å². The minimum atomic E-state index is -0.375. The van der Waals surface area contributed by atoms with E-state index in [0.29, 0.717) is 31.4 Å². The van der Waals surface area contributed by atoms with E-state index in [-0.39, 0.29) is 18.1 Å². The Balaban J connectivity index is 2.64. The van der Waals surface area contributed by atoms with Gasteiger partial charge in [-0.2, -0.15) is 0 Å². The molecule has 1 heterocycles. The number of hydrogen-bond donors (Lipinski definition) is 1. The first-order chi connectivity index (χ1) is 9.47. The van der Waals surface area contributed by atoms with Crippen molar-refractivity contribution in [3.8, 4) is 0 Å². The zero-order chi connectivity index (χ0) is 15.1. The molecule has 4 nitrogen and oxygen atoms in total. The maximum absolute atomic E-state index is 12.2. The lowest BCUT2D eigenvalue weighted by Crippen LogP contribution is -2.41. The highest BCUT2D eigenvalue weighted by Crippen LogP contribution is 2.26. The van der Waals surface area contributed by atoms with Crippen LogP contribution < -0.4 is 0 Å². The molecule has 1 N–H and O–H groups in total. The van der Waals surface area contributed by atoms with Crippen molar-refractivity contribution >= 4 is 5.97 Å². The van der Waals surface area contributed by atoms with Gasteiger partial charge in [0, 0.05) is 13.1 Å². The Morgan fingerprint density at radius 3 is 2.75 bits per heavy atom. The number of likely N-dealkylation sites (tertiary alicyclic amines) is 1. The molecule has 0 aromatic carbocycles. The second kappa shape index (κ2) is 8.42. The van der Waals surface area contributed by atoms with Gasteiger partial charge in [-0.05, 0) is 31.6 Å². The fourth-order valence-corrected chi connectivity index (χ4v) is 2.54. The molecule has 0 aromatic heterocycles. The number of hydrogen-bond acceptors (Lipinski definition) is 4. The van der Waals surface area contributed by atoms with Crippen LogP contribution in [-0.4, -0.2) is 47.8 Å². The molecule has 0 saturated carbocycles. The van der Waals surface area contributed by atoms with Crippen LogP contribution in [0.5, 0.6) is 0 Å². The average Bonchev–Trinajstić information content (AvgIpc) is 2.79. The summed E-state index contributed by atoms with van der Waals surface area (Å²) in [4.78, 5) is 14.3. The summed E-state index contributed by atoms with van der Waals surface area (Å²) in [6.07, 6.45) is 5.29. The molecule has 3 atom stereocenters. The first-order valence-corrected chi connectivity index (χ1v) is 7.69. The van der Waals surface area contributed by atoms with E-state index in [0.717, 1.165) is 13.0 Å². The fourth-order valence-electron chi connectivity index (χ4n) is 2.54. The van der Waals surface area contributed by atoms with E-state index in [4.69, 9.17) is 4.74 Å². The molecule has 0 aromatic rings. The lowest BCUT2D eigenvalue weighted by molar-refractivity contribution is -0.150. The second-order valence-corrected chi connectivity index (χ2v) is 6.08. The number of aliphatic hydroxyl groups excluding tert-OH is 1. The molecule has 1 aliphatic heterocycles. The minimum absolute atomic E-state index is 0.144. The van der Waals surface area contributed by atoms with Crippen molar-refractivity contribution in [1.82, 2.24) is 4.90 Å². The fraction of sp³-hybridized carbons (Fsp3) is 0.812. The van der Waals surface area contributed by atoms with E-state index < -0.39 is 0 Å². The number of nitrogens with zero attached hydrogens (tertiary/aromatic N) is 1. The lowest BCUT2D eigenvalue weighted by Gasteiger charge is -2.25. The van der Waals surface area contributed by atoms with Crippen molar-refractivity contribution in [3.05, 3.63) is 12.2 Å². The van der Waals surface area contributed by atoms with Crippen molar-refractivity contribution in [2.24, 2.45) is 11.8 Å². The summed E-state index contributed by atoms with van der Waals surface area (Å²) in [7, 11) is 0. The summed E-state index contributed by atoms with van der Waals surface area (Å²) in [5.41, 5.74) is 0. The van der Waals surface area contributed by atoms with E-state index in [9.17, 15) is 9.90 Å². The second-order valence-electron chi connectivity index (χ2n) is 6.08. The standard InChI is InChI=1S/C16H29NO3/c1-5-7-13-8-15(16(19)20-11-12(3)4)17(9-13)10-14(18)6-2/h5,7,12-15,18H,6,8-11H2,1-4H3/t13-,14?,15-/m1/s1. The highest BCUT2D eigenvalue weighted by molar-refractivity contribution is 5.76. The highest BCUT2D eigenvalue weighted by atomic mass is 16.5. The van der Waals surface area contributed by atoms with Crippen molar-refractivity contribution < 1.29 is 14.6 Å². The molecule has 1 unspecified atom stereocenters. The van der Waals surface area contributed by atoms with Gasteiger partial charge in [0.05, 0.1) is 12.7 Å². The van der Waals surface area contributed by atoms with Crippen LogP contribution in [-0.2, 0) is 9.53 Å². The molecule has 0 aliphatic carbocycles. The van der Waals surface area contributed by atoms with E-state index in [1.54, 1.807) is 0 Å². The number of carbonyl (C=O) groups excluding carboxylic acids is 1. The molecule has 0 amide bonds. The maximum Gasteiger partial charge on any atom is 0.323 e. The van der Waals surface area contributed by atoms with E-state index >= 15 is 0 Å². The Kier molecular flexibility index (Phi) is 7.24. The summed E-state index contributed by atoms with van der Waals surface area (Å²) in [6, 6.07) is -0.212. The zero-order valence-corrected chi connectivity index (χ0v) is 13.2. The number of aliphatic hydroxyl groups is 1. The predicted molar refractivity (Wildman–Crippen MR) is 80.4 cm³/mol. The number of β-amino-alcohol motifs (C(OH)–C–C–N with tert-alkyl or cyclic N) is 1. The number of esters is 1. The Hall–Kier alpha value is -0.870. The smallest absolute Gasteiger partial charge is 0.323 e. The summed E-state index contributed by atoms with van der Waals surface area (Å²) in [5.74, 6) is 0.580. The SMILES string of the molecule is CC=C[C@@H]1C[C@H](C(=O)OCC(C)C)N(CC(O)CC)C1. The van der Waals surface area contributed by atoms with Crippen LogP contribution >= 0.6 is 0 Å². The lowest BCUT2D eigenvalue weighted by atomic mass is 10.1. The summed E-state index contributed by atoms with van der Waals surface area (Å²) in [5, 5.41) is 9.84. The average molecular weight is 283 g/mol. The van der Waals surface area contributed by atoms with Crippen molar-refractivity contribution in [1.29, 1.82) is 0 Å². The molecule has 20 heavy (non-hydrogen) atoms. The molecule has 1 fully saturated rings. The van der Waals surface area contributed by atoms with Gasteiger partial charge in [0.2, 0.25) is 0 Å². The van der Waals surface area contributed by atoms with Gasteiger partial charge in [-0.3, -0.25) is 9.69 Å². The first kappa shape index (κ1) is 17.2. The summed E-state index contributed by atoms with van der Waals surface area (Å²) < 4.78 is 5.37. The summed E-state index contributed by atoms with van der Waals surface area (Å²) in [6.45, 7) is 9.85. The minimum Gasteiger partial charge on any atom is -0.464 e. The van der Waals surface area contributed by atoms with Crippen LogP contribution in [0.3, 0.4) is 0 Å². The Morgan fingerprint density at radius 2 is 2.20 bits per heavy atom. The van der Waals surface area contributed by atoms with Crippen molar-refractivity contribution in [2.75, 3.05) is 19.7 Å². The highest BCUT2D eigenvalue weighted by Gasteiger charge is 2.37. The van der Waals surface area contributed by atoms with Gasteiger partial charge in [-0.1, -0.05) is 32.9 Å². The topological polar surface area (TPSA) is 49.8 Å². The third-order valence-electron chi connectivity index (χ3n) is 3.65. The maximum atomic E-state index is 12.2. The van der Waals surface area contributed by atoms with Crippen molar-refractivity contribution in [3.63, 3.8) is 0 Å². The van der Waals surface area contributed by atoms with E-state index in [2.05, 4.69) is 11.0 Å². The Labute approximate surface area is 122 Å². The molecule has 0 bridgehead atoms. The predicted octanol–water partition coefficient (Wildman–Crippen LogP) is 2.22. The third-order valence-corrected chi connectivity index (χ3v) is 3.65. The Bertz CT molecular complexity index is 328. The van der Waals surface area contributed by atoms with Gasteiger partial charge in [0.1, 0.15) is 6.04 Å². The van der Waals surface area contributed by atoms with Crippen molar-refractivity contribution in [2.45, 2.75) is 52.7 Å². The van der Waals surface area contributed by atoms with Gasteiger partial charge < -0.3 is 9.84 Å². The Morgan fingerprint density at radius 1 is 1.50 bits per heavy atom. The monoisotopic (exact) mass is 283 g/mol. The van der Waals surface area contributed by atoms with Crippen LogP contribution in [0.1, 0.15) is 40.5 Å². The van der Waals surface area contributed by atoms with Gasteiger partial charge in [0.25, 0.3) is 0 Å². The van der Waals surface area contributed by atoms with Crippen LogP contribution in [0, 0.1) is 11.8 Å². The number of allylic oxidation sites excluding steroid dienone is 1. The largest absolute Gasteiger partial charge is 0.464 e. The van der Waals surface area contributed by atoms with Crippen LogP contribution in [0.2, 0.25) is 0 Å². The molecule has 1 aliphatic rings. The molecule has 1 rings (SSSR count). The van der Waals surface area contributed by atoms with Gasteiger partial charge in [-0.25, -0.2) is 0 Å². The zero-order valence-electron chi connectivity index (χ0n) is 13.2. The first-order valence-electron chi connectivity index (χ1n) is 7.69. The number of rotatable bonds is 7. The molecular formula is C16H29NO3. The van der Waals surface area contributed by atoms with Crippen LogP contribution in [0.15, 0.2) is 12.2 Å². The third kappa shape index (κ3) is 5.25. The van der Waals surface area contributed by atoms with Gasteiger partial charge >= 0.3 is 5.97 Å². The van der Waals surface area contributed by atoms with Gasteiger partial charge in [-0.15, -0.1) is 0 Å². The normalized spacial score (nSPS) is 25.5. The molecule has 4 heteroatoms. The molecule has 116 valence electrons. The molecular weight excluding hydrogens is 254 g/mol. The van der Waals surface area contributed by atoms with E-state index in [1.165, 1.54) is 0 Å². The van der Waals surface area contributed by atoms with Crippen LogP contribution in [0.25, 0.3) is 0 Å².